The van der Waals surface area contributed by atoms with Crippen molar-refractivity contribution in [2.24, 2.45) is 0 Å². The van der Waals surface area contributed by atoms with Crippen LogP contribution < -0.4 is 0 Å². The van der Waals surface area contributed by atoms with Crippen molar-refractivity contribution in [3.05, 3.63) is 28.1 Å². The Bertz CT molecular complexity index is 333. The molecule has 1 heterocycles. The molecular weight excluding hydrogens is 295 g/mol. The largest absolute Gasteiger partial charge is 0.463 e. The number of halogens is 1. The summed E-state index contributed by atoms with van der Waals surface area (Å²) in [7, 11) is 0. The van der Waals surface area contributed by atoms with E-state index in [0.29, 0.717) is 13.2 Å². The van der Waals surface area contributed by atoms with Crippen molar-refractivity contribution < 1.29 is 9.53 Å². The quantitative estimate of drug-likeness (QED) is 0.482. The molecule has 0 bridgehead atoms. The zero-order valence-electron chi connectivity index (χ0n) is 7.81. The molecule has 0 aromatic carbocycles. The highest BCUT2D eigenvalue weighted by molar-refractivity contribution is 14.1. The Morgan fingerprint density at radius 2 is 2.57 bits per heavy atom. The lowest BCUT2D eigenvalue weighted by Crippen LogP contribution is -2.00. The third-order valence-electron chi connectivity index (χ3n) is 1.43. The van der Waals surface area contributed by atoms with Gasteiger partial charge in [-0.2, -0.15) is 5.10 Å². The number of esters is 1. The van der Waals surface area contributed by atoms with Crippen LogP contribution >= 0.6 is 22.6 Å². The molecule has 4 nitrogen and oxygen atoms in total. The maximum absolute atomic E-state index is 10.9. The number of ether oxygens (including phenoxy) is 1. The maximum atomic E-state index is 10.9. The predicted octanol–water partition coefficient (Wildman–Crippen LogP) is 1.61. The first-order valence-electron chi connectivity index (χ1n) is 4.23. The molecule has 1 aromatic heterocycles. The van der Waals surface area contributed by atoms with E-state index in [1.807, 2.05) is 6.20 Å². The van der Waals surface area contributed by atoms with Crippen LogP contribution in [0.25, 0.3) is 0 Å². The summed E-state index contributed by atoms with van der Waals surface area (Å²) in [5.41, 5.74) is 0. The van der Waals surface area contributed by atoms with Crippen molar-refractivity contribution in [1.82, 2.24) is 9.78 Å². The van der Waals surface area contributed by atoms with Crippen LogP contribution in [0.4, 0.5) is 0 Å². The van der Waals surface area contributed by atoms with Crippen LogP contribution in [0.15, 0.2) is 24.5 Å². The highest BCUT2D eigenvalue weighted by Crippen LogP contribution is 2.00. The second-order valence-electron chi connectivity index (χ2n) is 2.54. The van der Waals surface area contributed by atoms with E-state index in [2.05, 4.69) is 27.7 Å². The summed E-state index contributed by atoms with van der Waals surface area (Å²) in [5.74, 6) is -0.311. The van der Waals surface area contributed by atoms with Gasteiger partial charge in [0.25, 0.3) is 0 Å². The van der Waals surface area contributed by atoms with Gasteiger partial charge in [-0.1, -0.05) is 6.08 Å². The summed E-state index contributed by atoms with van der Waals surface area (Å²) in [6.07, 6.45) is 6.80. The van der Waals surface area contributed by atoms with Gasteiger partial charge in [-0.15, -0.1) is 0 Å². The van der Waals surface area contributed by atoms with Gasteiger partial charge in [0.05, 0.1) is 22.9 Å². The molecule has 0 aliphatic carbocycles. The molecule has 0 N–H and O–H groups in total. The number of carbonyl (C=O) groups excluding carboxylic acids is 1. The number of aromatic nitrogens is 2. The summed E-state index contributed by atoms with van der Waals surface area (Å²) in [4.78, 5) is 10.9. The maximum Gasteiger partial charge on any atom is 0.330 e. The fourth-order valence-electron chi connectivity index (χ4n) is 0.885. The number of hydrogen-bond acceptors (Lipinski definition) is 3. The van der Waals surface area contributed by atoms with Crippen molar-refractivity contribution >= 4 is 28.6 Å². The average molecular weight is 306 g/mol. The molecule has 5 heteroatoms. The molecule has 0 unspecified atom stereocenters. The SMILES string of the molecule is CCOC(=O)/C=C/Cn1cc(I)cn1. The van der Waals surface area contributed by atoms with Crippen LogP contribution in [0.5, 0.6) is 0 Å². The molecule has 0 saturated heterocycles. The second kappa shape index (κ2) is 5.79. The van der Waals surface area contributed by atoms with Crippen molar-refractivity contribution in [2.45, 2.75) is 13.5 Å². The van der Waals surface area contributed by atoms with E-state index < -0.39 is 0 Å². The zero-order chi connectivity index (χ0) is 10.4. The Morgan fingerprint density at radius 1 is 1.79 bits per heavy atom. The van der Waals surface area contributed by atoms with Gasteiger partial charge in [0.2, 0.25) is 0 Å². The molecule has 0 saturated carbocycles. The molecule has 14 heavy (non-hydrogen) atoms. The van der Waals surface area contributed by atoms with Crippen LogP contribution in [0.3, 0.4) is 0 Å². The van der Waals surface area contributed by atoms with Gasteiger partial charge in [0.1, 0.15) is 0 Å². The van der Waals surface area contributed by atoms with Crippen LogP contribution in [0.2, 0.25) is 0 Å². The van der Waals surface area contributed by atoms with E-state index >= 15 is 0 Å². The average Bonchev–Trinajstić information content (AvgIpc) is 2.52. The van der Waals surface area contributed by atoms with Crippen LogP contribution in [-0.4, -0.2) is 22.4 Å². The Hall–Kier alpha value is -0.850. The molecular formula is C9H11IN2O2. The predicted molar refractivity (Wildman–Crippen MR) is 60.7 cm³/mol. The molecule has 0 radical (unpaired) electrons. The molecule has 0 fully saturated rings. The molecule has 1 rings (SSSR count). The van der Waals surface area contributed by atoms with E-state index in [-0.39, 0.29) is 5.97 Å². The number of nitrogens with zero attached hydrogens (tertiary/aromatic N) is 2. The Balaban J connectivity index is 2.36. The summed E-state index contributed by atoms with van der Waals surface area (Å²) in [6.45, 7) is 2.77. The molecule has 0 spiro atoms. The van der Waals surface area contributed by atoms with Gasteiger partial charge < -0.3 is 4.74 Å². The molecule has 0 aliphatic rings. The fraction of sp³-hybridized carbons (Fsp3) is 0.333. The fourth-order valence-corrected chi connectivity index (χ4v) is 1.33. The minimum Gasteiger partial charge on any atom is -0.463 e. The van der Waals surface area contributed by atoms with Crippen LogP contribution in [-0.2, 0) is 16.1 Å². The third-order valence-corrected chi connectivity index (χ3v) is 1.99. The van der Waals surface area contributed by atoms with Crippen molar-refractivity contribution in [1.29, 1.82) is 0 Å². The van der Waals surface area contributed by atoms with Gasteiger partial charge in [-0.05, 0) is 29.5 Å². The number of allylic oxidation sites excluding steroid dienone is 1. The minimum absolute atomic E-state index is 0.311. The first kappa shape index (κ1) is 11.2. The van der Waals surface area contributed by atoms with Crippen molar-refractivity contribution in [3.63, 3.8) is 0 Å². The molecule has 0 aliphatic heterocycles. The normalized spacial score (nSPS) is 10.7. The first-order chi connectivity index (χ1) is 6.72. The molecule has 1 aromatic rings. The Morgan fingerprint density at radius 3 is 3.14 bits per heavy atom. The smallest absolute Gasteiger partial charge is 0.330 e. The third kappa shape index (κ3) is 3.91. The summed E-state index contributed by atoms with van der Waals surface area (Å²) in [5, 5.41) is 4.06. The number of hydrogen-bond donors (Lipinski definition) is 0. The Kier molecular flexibility index (Phi) is 4.64. The monoisotopic (exact) mass is 306 g/mol. The van der Waals surface area contributed by atoms with Gasteiger partial charge in [-0.3, -0.25) is 4.68 Å². The van der Waals surface area contributed by atoms with E-state index in [1.165, 1.54) is 6.08 Å². The first-order valence-corrected chi connectivity index (χ1v) is 5.31. The van der Waals surface area contributed by atoms with Gasteiger partial charge in [0, 0.05) is 12.3 Å². The lowest BCUT2D eigenvalue weighted by molar-refractivity contribution is -0.137. The van der Waals surface area contributed by atoms with Crippen molar-refractivity contribution in [3.8, 4) is 0 Å². The zero-order valence-corrected chi connectivity index (χ0v) is 9.97. The topological polar surface area (TPSA) is 44.1 Å². The van der Waals surface area contributed by atoms with E-state index in [0.717, 1.165) is 3.57 Å². The Labute approximate surface area is 96.1 Å². The van der Waals surface area contributed by atoms with Crippen molar-refractivity contribution in [2.75, 3.05) is 6.61 Å². The van der Waals surface area contributed by atoms with Crippen LogP contribution in [0, 0.1) is 3.57 Å². The number of carbonyl (C=O) groups is 1. The lowest BCUT2D eigenvalue weighted by Gasteiger charge is -1.95. The van der Waals surface area contributed by atoms with E-state index in [4.69, 9.17) is 4.74 Å². The van der Waals surface area contributed by atoms with Gasteiger partial charge >= 0.3 is 5.97 Å². The van der Waals surface area contributed by atoms with Gasteiger partial charge in [-0.25, -0.2) is 4.79 Å². The number of rotatable bonds is 4. The second-order valence-corrected chi connectivity index (χ2v) is 3.78. The highest BCUT2D eigenvalue weighted by Gasteiger charge is 1.94. The summed E-state index contributed by atoms with van der Waals surface area (Å²) >= 11 is 2.18. The van der Waals surface area contributed by atoms with E-state index in [9.17, 15) is 4.79 Å². The van der Waals surface area contributed by atoms with E-state index in [1.54, 1.807) is 23.9 Å². The molecule has 76 valence electrons. The minimum atomic E-state index is -0.311. The van der Waals surface area contributed by atoms with Gasteiger partial charge in [0.15, 0.2) is 0 Å². The summed E-state index contributed by atoms with van der Waals surface area (Å²) < 4.78 is 7.55. The molecule has 0 amide bonds. The summed E-state index contributed by atoms with van der Waals surface area (Å²) in [6, 6.07) is 0. The molecule has 0 atom stereocenters. The standard InChI is InChI=1S/C9H11IN2O2/c1-2-14-9(13)4-3-5-12-7-8(10)6-11-12/h3-4,6-7H,2,5H2,1H3/b4-3+. The van der Waals surface area contributed by atoms with Crippen LogP contribution in [0.1, 0.15) is 6.92 Å². The lowest BCUT2D eigenvalue weighted by atomic mass is 10.5. The highest BCUT2D eigenvalue weighted by atomic mass is 127.